The van der Waals surface area contributed by atoms with Crippen molar-refractivity contribution in [3.63, 3.8) is 0 Å². The smallest absolute Gasteiger partial charge is 0.255 e. The molecule has 1 heterocycles. The highest BCUT2D eigenvalue weighted by Gasteiger charge is 2.33. The summed E-state index contributed by atoms with van der Waals surface area (Å²) >= 11 is 3.33. The van der Waals surface area contributed by atoms with Gasteiger partial charge in [0, 0.05) is 18.8 Å². The highest BCUT2D eigenvalue weighted by Crippen LogP contribution is 2.26. The number of rotatable bonds is 3. The average molecular weight is 356 g/mol. The zero-order valence-electron chi connectivity index (χ0n) is 11.8. The van der Waals surface area contributed by atoms with Gasteiger partial charge in [0.1, 0.15) is 6.04 Å². The van der Waals surface area contributed by atoms with Gasteiger partial charge in [-0.1, -0.05) is 6.07 Å². The van der Waals surface area contributed by atoms with Gasteiger partial charge in [0.25, 0.3) is 5.91 Å². The molecule has 0 radical (unpaired) electrons. The van der Waals surface area contributed by atoms with E-state index in [1.54, 1.807) is 18.2 Å². The van der Waals surface area contributed by atoms with E-state index in [4.69, 9.17) is 10.5 Å². The van der Waals surface area contributed by atoms with Gasteiger partial charge in [-0.2, -0.15) is 0 Å². The predicted octanol–water partition coefficient (Wildman–Crippen LogP) is 1.01. The molecule has 1 aliphatic heterocycles. The monoisotopic (exact) mass is 355 g/mol. The van der Waals surface area contributed by atoms with Gasteiger partial charge >= 0.3 is 0 Å². The largest absolute Gasteiger partial charge is 0.398 e. The molecule has 0 aromatic heterocycles. The van der Waals surface area contributed by atoms with Crippen LogP contribution in [0.15, 0.2) is 22.7 Å². The molecule has 1 unspecified atom stereocenters. The lowest BCUT2D eigenvalue weighted by molar-refractivity contribution is -0.130. The number of morpholine rings is 1. The molecule has 1 aromatic carbocycles. The Labute approximate surface area is 131 Å². The second-order valence-electron chi connectivity index (χ2n) is 4.69. The number of carbonyl (C=O) groups is 2. The third-order valence-electron chi connectivity index (χ3n) is 3.30. The number of nitrogens with two attached hydrogens (primary N) is 1. The van der Waals surface area contributed by atoms with Crippen molar-refractivity contribution in [2.45, 2.75) is 13.0 Å². The molecule has 1 aromatic rings. The van der Waals surface area contributed by atoms with E-state index >= 15 is 0 Å². The highest BCUT2D eigenvalue weighted by atomic mass is 79.9. The number of halogens is 1. The molecule has 0 spiro atoms. The molecule has 1 fully saturated rings. The number of carbonyl (C=O) groups excluding carboxylic acids is 2. The van der Waals surface area contributed by atoms with Gasteiger partial charge in [0.2, 0.25) is 5.91 Å². The SMILES string of the molecule is CCNC(=O)C1COCCN1C(=O)c1cccc(N)c1Br. The van der Waals surface area contributed by atoms with Crippen LogP contribution in [0, 0.1) is 0 Å². The van der Waals surface area contributed by atoms with Crippen molar-refractivity contribution >= 4 is 33.4 Å². The summed E-state index contributed by atoms with van der Waals surface area (Å²) in [7, 11) is 0. The molecule has 2 amide bonds. The summed E-state index contributed by atoms with van der Waals surface area (Å²) in [5.41, 5.74) is 6.75. The van der Waals surface area contributed by atoms with Crippen molar-refractivity contribution in [3.8, 4) is 0 Å². The van der Waals surface area contributed by atoms with Crippen LogP contribution in [0.25, 0.3) is 0 Å². The summed E-state index contributed by atoms with van der Waals surface area (Å²) in [5.74, 6) is -0.431. The predicted molar refractivity (Wildman–Crippen MR) is 82.9 cm³/mol. The van der Waals surface area contributed by atoms with Gasteiger partial charge in [-0.3, -0.25) is 9.59 Å². The molecule has 2 rings (SSSR count). The molecule has 6 nitrogen and oxygen atoms in total. The van der Waals surface area contributed by atoms with Gasteiger partial charge in [-0.25, -0.2) is 0 Å². The number of nitrogen functional groups attached to an aromatic ring is 1. The molecule has 0 aliphatic carbocycles. The van der Waals surface area contributed by atoms with Crippen molar-refractivity contribution in [1.82, 2.24) is 10.2 Å². The van der Waals surface area contributed by atoms with Crippen LogP contribution in [0.3, 0.4) is 0 Å². The first kappa shape index (κ1) is 15.8. The van der Waals surface area contributed by atoms with Crippen molar-refractivity contribution in [2.75, 3.05) is 32.0 Å². The number of anilines is 1. The Hall–Kier alpha value is -1.60. The number of nitrogens with one attached hydrogen (secondary N) is 1. The van der Waals surface area contributed by atoms with Gasteiger partial charge in [-0.05, 0) is 35.0 Å². The molecule has 21 heavy (non-hydrogen) atoms. The fourth-order valence-electron chi connectivity index (χ4n) is 2.23. The molecule has 7 heteroatoms. The number of ether oxygens (including phenoxy) is 1. The van der Waals surface area contributed by atoms with Gasteiger partial charge in [-0.15, -0.1) is 0 Å². The fraction of sp³-hybridized carbons (Fsp3) is 0.429. The lowest BCUT2D eigenvalue weighted by atomic mass is 10.1. The second kappa shape index (κ2) is 6.91. The number of hydrogen-bond donors (Lipinski definition) is 2. The fourth-order valence-corrected chi connectivity index (χ4v) is 2.66. The molecule has 0 bridgehead atoms. The van der Waals surface area contributed by atoms with Crippen LogP contribution in [-0.2, 0) is 9.53 Å². The molecular formula is C14H18BrN3O3. The summed E-state index contributed by atoms with van der Waals surface area (Å²) in [6.45, 7) is 3.35. The second-order valence-corrected chi connectivity index (χ2v) is 5.49. The van der Waals surface area contributed by atoms with Crippen molar-refractivity contribution in [1.29, 1.82) is 0 Å². The first-order valence-electron chi connectivity index (χ1n) is 6.76. The van der Waals surface area contributed by atoms with Gasteiger partial charge in [0.05, 0.1) is 23.2 Å². The zero-order valence-corrected chi connectivity index (χ0v) is 13.4. The first-order chi connectivity index (χ1) is 10.1. The van der Waals surface area contributed by atoms with E-state index in [-0.39, 0.29) is 18.4 Å². The van der Waals surface area contributed by atoms with E-state index in [9.17, 15) is 9.59 Å². The average Bonchev–Trinajstić information content (AvgIpc) is 2.49. The van der Waals surface area contributed by atoms with E-state index in [1.165, 1.54) is 4.90 Å². The number of hydrogen-bond acceptors (Lipinski definition) is 4. The van der Waals surface area contributed by atoms with Crippen molar-refractivity contribution in [3.05, 3.63) is 28.2 Å². The summed E-state index contributed by atoms with van der Waals surface area (Å²) in [6, 6.07) is 4.50. The van der Waals surface area contributed by atoms with Crippen LogP contribution in [0.5, 0.6) is 0 Å². The summed E-state index contributed by atoms with van der Waals surface area (Å²) in [4.78, 5) is 26.3. The van der Waals surface area contributed by atoms with Crippen LogP contribution in [-0.4, -0.2) is 49.1 Å². The Morgan fingerprint density at radius 1 is 1.52 bits per heavy atom. The quantitative estimate of drug-likeness (QED) is 0.792. The normalized spacial score (nSPS) is 18.4. The molecule has 1 atom stereocenters. The van der Waals surface area contributed by atoms with E-state index in [2.05, 4.69) is 21.2 Å². The van der Waals surface area contributed by atoms with Crippen LogP contribution in [0.1, 0.15) is 17.3 Å². The highest BCUT2D eigenvalue weighted by molar-refractivity contribution is 9.10. The van der Waals surface area contributed by atoms with E-state index in [0.29, 0.717) is 35.4 Å². The Bertz CT molecular complexity index is 550. The minimum Gasteiger partial charge on any atom is -0.398 e. The summed E-state index contributed by atoms with van der Waals surface area (Å²) in [6.07, 6.45) is 0. The summed E-state index contributed by atoms with van der Waals surface area (Å²) in [5, 5.41) is 2.73. The van der Waals surface area contributed by atoms with E-state index in [1.807, 2.05) is 6.92 Å². The minimum absolute atomic E-state index is 0.203. The number of likely N-dealkylation sites (N-methyl/N-ethyl adjacent to an activating group) is 1. The molecule has 1 saturated heterocycles. The van der Waals surface area contributed by atoms with Crippen LogP contribution < -0.4 is 11.1 Å². The third-order valence-corrected chi connectivity index (χ3v) is 4.19. The summed E-state index contributed by atoms with van der Waals surface area (Å²) < 4.78 is 5.88. The van der Waals surface area contributed by atoms with Gasteiger partial charge < -0.3 is 20.7 Å². The standard InChI is InChI=1S/C14H18BrN3O3/c1-2-17-13(19)11-8-21-7-6-18(11)14(20)9-4-3-5-10(16)12(9)15/h3-5,11H,2,6-8,16H2,1H3,(H,17,19). The van der Waals surface area contributed by atoms with E-state index in [0.717, 1.165) is 0 Å². The molecule has 114 valence electrons. The Morgan fingerprint density at radius 3 is 3.00 bits per heavy atom. The Balaban J connectivity index is 2.26. The maximum atomic E-state index is 12.7. The molecule has 1 aliphatic rings. The van der Waals surface area contributed by atoms with Crippen LogP contribution in [0.2, 0.25) is 0 Å². The number of nitrogens with zero attached hydrogens (tertiary/aromatic N) is 1. The maximum Gasteiger partial charge on any atom is 0.255 e. The van der Waals surface area contributed by atoms with Crippen LogP contribution >= 0.6 is 15.9 Å². The number of amides is 2. The molecule has 0 saturated carbocycles. The lowest BCUT2D eigenvalue weighted by Crippen LogP contribution is -2.55. The van der Waals surface area contributed by atoms with Crippen molar-refractivity contribution in [2.24, 2.45) is 0 Å². The Morgan fingerprint density at radius 2 is 2.29 bits per heavy atom. The van der Waals surface area contributed by atoms with Gasteiger partial charge in [0.15, 0.2) is 0 Å². The topological polar surface area (TPSA) is 84.7 Å². The van der Waals surface area contributed by atoms with E-state index < -0.39 is 6.04 Å². The molecule has 3 N–H and O–H groups in total. The van der Waals surface area contributed by atoms with Crippen molar-refractivity contribution < 1.29 is 14.3 Å². The Kier molecular flexibility index (Phi) is 5.19. The van der Waals surface area contributed by atoms with Crippen LogP contribution in [0.4, 0.5) is 5.69 Å². The third kappa shape index (κ3) is 3.36. The first-order valence-corrected chi connectivity index (χ1v) is 7.56. The minimum atomic E-state index is -0.612. The molecular weight excluding hydrogens is 338 g/mol. The maximum absolute atomic E-state index is 12.7. The lowest BCUT2D eigenvalue weighted by Gasteiger charge is -2.34. The zero-order chi connectivity index (χ0) is 15.4. The number of benzene rings is 1.